The first-order valence-electron chi connectivity index (χ1n) is 9.40. The molecule has 4 heteroatoms. The zero-order valence-corrected chi connectivity index (χ0v) is 14.4. The van der Waals surface area contributed by atoms with Crippen molar-refractivity contribution >= 4 is 5.91 Å². The van der Waals surface area contributed by atoms with Crippen LogP contribution in [0.3, 0.4) is 0 Å². The minimum atomic E-state index is 0.172. The van der Waals surface area contributed by atoms with E-state index in [1.807, 2.05) is 30.3 Å². The maximum atomic E-state index is 13.0. The molecule has 2 heterocycles. The molecule has 4 nitrogen and oxygen atoms in total. The van der Waals surface area contributed by atoms with E-state index in [2.05, 4.69) is 10.2 Å². The number of ether oxygens (including phenoxy) is 1. The third kappa shape index (κ3) is 3.50. The number of benzene rings is 1. The minimum absolute atomic E-state index is 0.172. The molecule has 3 fully saturated rings. The number of rotatable bonds is 5. The van der Waals surface area contributed by atoms with Gasteiger partial charge in [0.05, 0.1) is 12.6 Å². The molecule has 1 spiro atoms. The van der Waals surface area contributed by atoms with E-state index in [1.54, 1.807) is 0 Å². The topological polar surface area (TPSA) is 41.6 Å². The van der Waals surface area contributed by atoms with E-state index in [1.165, 1.54) is 25.7 Å². The lowest BCUT2D eigenvalue weighted by Gasteiger charge is -2.33. The highest BCUT2D eigenvalue weighted by Gasteiger charge is 2.46. The molecule has 1 saturated carbocycles. The number of nitrogens with zero attached hydrogens (tertiary/aromatic N) is 1. The first-order chi connectivity index (χ1) is 11.8. The number of piperidine rings is 1. The van der Waals surface area contributed by atoms with Crippen LogP contribution in [0.2, 0.25) is 0 Å². The molecule has 4 rings (SSSR count). The van der Waals surface area contributed by atoms with Gasteiger partial charge < -0.3 is 15.0 Å². The Bertz CT molecular complexity index is 564. The Balaban J connectivity index is 1.47. The lowest BCUT2D eigenvalue weighted by molar-refractivity contribution is 0.0514. The van der Waals surface area contributed by atoms with Gasteiger partial charge in [-0.25, -0.2) is 0 Å². The van der Waals surface area contributed by atoms with Crippen molar-refractivity contribution in [2.24, 2.45) is 11.3 Å². The number of amides is 1. The first kappa shape index (κ1) is 16.1. The zero-order chi connectivity index (χ0) is 16.4. The summed E-state index contributed by atoms with van der Waals surface area (Å²) in [5.41, 5.74) is 1.10. The van der Waals surface area contributed by atoms with Crippen LogP contribution >= 0.6 is 0 Å². The second kappa shape index (κ2) is 6.85. The largest absolute Gasteiger partial charge is 0.379 e. The fourth-order valence-electron chi connectivity index (χ4n) is 4.27. The van der Waals surface area contributed by atoms with Crippen molar-refractivity contribution in [2.45, 2.75) is 38.1 Å². The van der Waals surface area contributed by atoms with E-state index >= 15 is 0 Å². The van der Waals surface area contributed by atoms with Crippen molar-refractivity contribution in [1.29, 1.82) is 0 Å². The average molecular weight is 328 g/mol. The molecule has 1 amide bonds. The molecule has 2 aliphatic heterocycles. The molecular formula is C20H28N2O2. The molecule has 2 saturated heterocycles. The Kier molecular flexibility index (Phi) is 4.59. The quantitative estimate of drug-likeness (QED) is 0.903. The van der Waals surface area contributed by atoms with Gasteiger partial charge in [-0.2, -0.15) is 0 Å². The Labute approximate surface area is 144 Å². The summed E-state index contributed by atoms with van der Waals surface area (Å²) < 4.78 is 5.98. The summed E-state index contributed by atoms with van der Waals surface area (Å²) in [7, 11) is 0. The fraction of sp³-hybridized carbons (Fsp3) is 0.650. The molecule has 1 atom stereocenters. The third-order valence-corrected chi connectivity index (χ3v) is 5.92. The van der Waals surface area contributed by atoms with Crippen molar-refractivity contribution in [3.05, 3.63) is 35.9 Å². The number of hydrogen-bond acceptors (Lipinski definition) is 3. The lowest BCUT2D eigenvalue weighted by atomic mass is 9.77. The highest BCUT2D eigenvalue weighted by molar-refractivity contribution is 5.94. The molecule has 24 heavy (non-hydrogen) atoms. The molecule has 0 aromatic heterocycles. The Morgan fingerprint density at radius 2 is 1.92 bits per heavy atom. The van der Waals surface area contributed by atoms with Crippen LogP contribution < -0.4 is 5.32 Å². The molecule has 1 aromatic rings. The van der Waals surface area contributed by atoms with E-state index < -0.39 is 0 Å². The lowest BCUT2D eigenvalue weighted by Crippen LogP contribution is -2.41. The second-order valence-electron chi connectivity index (χ2n) is 7.89. The van der Waals surface area contributed by atoms with Gasteiger partial charge in [-0.05, 0) is 68.7 Å². The average Bonchev–Trinajstić information content (AvgIpc) is 3.38. The molecule has 0 unspecified atom stereocenters. The molecule has 0 bridgehead atoms. The van der Waals surface area contributed by atoms with Crippen molar-refractivity contribution in [3.63, 3.8) is 0 Å². The molecular weight excluding hydrogens is 300 g/mol. The van der Waals surface area contributed by atoms with Crippen LogP contribution in [-0.2, 0) is 4.74 Å². The van der Waals surface area contributed by atoms with E-state index in [4.69, 9.17) is 4.74 Å². The van der Waals surface area contributed by atoms with E-state index in [9.17, 15) is 4.79 Å². The number of carbonyl (C=O) groups is 1. The van der Waals surface area contributed by atoms with Crippen LogP contribution in [0.4, 0.5) is 0 Å². The highest BCUT2D eigenvalue weighted by Crippen LogP contribution is 2.42. The molecule has 0 radical (unpaired) electrons. The number of hydrogen-bond donors (Lipinski definition) is 1. The molecule has 3 aliphatic rings. The van der Waals surface area contributed by atoms with Crippen LogP contribution in [0, 0.1) is 11.3 Å². The van der Waals surface area contributed by atoms with Crippen molar-refractivity contribution in [3.8, 4) is 0 Å². The maximum absolute atomic E-state index is 13.0. The summed E-state index contributed by atoms with van der Waals surface area (Å²) in [5, 5.41) is 3.46. The van der Waals surface area contributed by atoms with E-state index in [0.717, 1.165) is 44.1 Å². The summed E-state index contributed by atoms with van der Waals surface area (Å²) >= 11 is 0. The summed E-state index contributed by atoms with van der Waals surface area (Å²) in [6.07, 6.45) is 6.06. The van der Waals surface area contributed by atoms with E-state index in [0.29, 0.717) is 12.0 Å². The van der Waals surface area contributed by atoms with E-state index in [-0.39, 0.29) is 11.9 Å². The van der Waals surface area contributed by atoms with Gasteiger partial charge in [0.2, 0.25) is 0 Å². The Hall–Kier alpha value is -1.39. The SMILES string of the molecule is O=C(c1ccccc1)N1CC2(CCNCC2)C[C@@H]1COCC1CC1. The van der Waals surface area contributed by atoms with Gasteiger partial charge in [0.1, 0.15) is 0 Å². The molecule has 1 aromatic carbocycles. The van der Waals surface area contributed by atoms with Gasteiger partial charge in [-0.15, -0.1) is 0 Å². The Morgan fingerprint density at radius 1 is 1.17 bits per heavy atom. The molecule has 130 valence electrons. The van der Waals surface area contributed by atoms with Gasteiger partial charge in [-0.3, -0.25) is 4.79 Å². The molecule has 1 aliphatic carbocycles. The fourth-order valence-corrected chi connectivity index (χ4v) is 4.27. The van der Waals surface area contributed by atoms with Gasteiger partial charge in [0, 0.05) is 18.7 Å². The summed E-state index contributed by atoms with van der Waals surface area (Å²) in [6, 6.07) is 9.94. The predicted molar refractivity (Wildman–Crippen MR) is 94.0 cm³/mol. The van der Waals surface area contributed by atoms with Gasteiger partial charge in [0.25, 0.3) is 5.91 Å². The van der Waals surface area contributed by atoms with Crippen LogP contribution in [0.25, 0.3) is 0 Å². The number of nitrogens with one attached hydrogen (secondary N) is 1. The highest BCUT2D eigenvalue weighted by atomic mass is 16.5. The summed E-state index contributed by atoms with van der Waals surface area (Å²) in [4.78, 5) is 15.2. The van der Waals surface area contributed by atoms with Crippen molar-refractivity contribution < 1.29 is 9.53 Å². The predicted octanol–water partition coefficient (Wildman–Crippen LogP) is 2.70. The van der Waals surface area contributed by atoms with Crippen molar-refractivity contribution in [2.75, 3.05) is 32.8 Å². The van der Waals surface area contributed by atoms with Gasteiger partial charge >= 0.3 is 0 Å². The van der Waals surface area contributed by atoms with Crippen molar-refractivity contribution in [1.82, 2.24) is 10.2 Å². The van der Waals surface area contributed by atoms with Crippen LogP contribution in [0.15, 0.2) is 30.3 Å². The summed E-state index contributed by atoms with van der Waals surface area (Å²) in [5.74, 6) is 0.948. The first-order valence-corrected chi connectivity index (χ1v) is 9.40. The van der Waals surface area contributed by atoms with Gasteiger partial charge in [0.15, 0.2) is 0 Å². The second-order valence-corrected chi connectivity index (χ2v) is 7.89. The third-order valence-electron chi connectivity index (χ3n) is 5.92. The molecule has 1 N–H and O–H groups in total. The monoisotopic (exact) mass is 328 g/mol. The maximum Gasteiger partial charge on any atom is 0.254 e. The smallest absolute Gasteiger partial charge is 0.254 e. The number of likely N-dealkylation sites (tertiary alicyclic amines) is 1. The van der Waals surface area contributed by atoms with Crippen LogP contribution in [0.5, 0.6) is 0 Å². The Morgan fingerprint density at radius 3 is 2.62 bits per heavy atom. The van der Waals surface area contributed by atoms with Crippen LogP contribution in [-0.4, -0.2) is 49.7 Å². The number of carbonyl (C=O) groups excluding carboxylic acids is 1. The van der Waals surface area contributed by atoms with Crippen LogP contribution in [0.1, 0.15) is 42.5 Å². The standard InChI is InChI=1S/C20H28N2O2/c23-19(17-4-2-1-3-5-17)22-15-20(8-10-21-11-9-20)12-18(22)14-24-13-16-6-7-16/h1-5,16,18,21H,6-15H2/t18-/m1/s1. The zero-order valence-electron chi connectivity index (χ0n) is 14.4. The van der Waals surface area contributed by atoms with Gasteiger partial charge in [-0.1, -0.05) is 18.2 Å². The minimum Gasteiger partial charge on any atom is -0.379 e. The summed E-state index contributed by atoms with van der Waals surface area (Å²) in [6.45, 7) is 4.61. The normalized spacial score (nSPS) is 26.0.